The Bertz CT molecular complexity index is 796. The van der Waals surface area contributed by atoms with Gasteiger partial charge in [-0.1, -0.05) is 30.0 Å². The quantitative estimate of drug-likeness (QED) is 0.789. The number of anilines is 1. The summed E-state index contributed by atoms with van der Waals surface area (Å²) in [4.78, 5) is 18.8. The number of benzene rings is 1. The molecule has 0 radical (unpaired) electrons. The van der Waals surface area contributed by atoms with E-state index < -0.39 is 0 Å². The monoisotopic (exact) mass is 339 g/mol. The molecule has 0 spiro atoms. The van der Waals surface area contributed by atoms with Gasteiger partial charge in [-0.05, 0) is 51.0 Å². The second-order valence-corrected chi connectivity index (χ2v) is 7.06. The van der Waals surface area contributed by atoms with E-state index in [2.05, 4.69) is 11.1 Å². The van der Waals surface area contributed by atoms with Crippen molar-refractivity contribution in [2.24, 2.45) is 0 Å². The molecule has 24 heavy (non-hydrogen) atoms. The van der Waals surface area contributed by atoms with E-state index in [-0.39, 0.29) is 11.2 Å². The average molecular weight is 339 g/mol. The molecule has 0 fully saturated rings. The Morgan fingerprint density at radius 1 is 1.21 bits per heavy atom. The zero-order chi connectivity index (χ0) is 17.9. The maximum Gasteiger partial charge on any atom is 0.239 e. The lowest BCUT2D eigenvalue weighted by Gasteiger charge is -2.21. The lowest BCUT2D eigenvalue weighted by atomic mass is 10.1. The molecule has 0 aliphatic carbocycles. The third kappa shape index (κ3) is 3.60. The largest absolute Gasteiger partial charge is 0.315 e. The van der Waals surface area contributed by atoms with E-state index >= 15 is 0 Å². The van der Waals surface area contributed by atoms with E-state index in [4.69, 9.17) is 0 Å². The Labute approximate surface area is 147 Å². The normalized spacial score (nSPS) is 11.7. The molecule has 2 aromatic rings. The third-order valence-corrected chi connectivity index (χ3v) is 5.26. The number of pyridine rings is 1. The predicted octanol–water partition coefficient (Wildman–Crippen LogP) is 4.02. The second kappa shape index (κ2) is 7.50. The first kappa shape index (κ1) is 18.0. The molecule has 2 rings (SSSR count). The van der Waals surface area contributed by atoms with Crippen LogP contribution in [0.4, 0.5) is 5.69 Å². The van der Waals surface area contributed by atoms with Gasteiger partial charge in [0.05, 0.1) is 10.8 Å². The Kier molecular flexibility index (Phi) is 5.63. The lowest BCUT2D eigenvalue weighted by Crippen LogP contribution is -2.33. The van der Waals surface area contributed by atoms with Crippen molar-refractivity contribution >= 4 is 23.4 Å². The number of carbonyl (C=O) groups excluding carboxylic acids is 1. The van der Waals surface area contributed by atoms with Crippen LogP contribution < -0.4 is 4.90 Å². The van der Waals surface area contributed by atoms with Crippen LogP contribution in [0.3, 0.4) is 0 Å². The highest BCUT2D eigenvalue weighted by Gasteiger charge is 2.23. The summed E-state index contributed by atoms with van der Waals surface area (Å²) in [5.74, 6) is -0.0206. The van der Waals surface area contributed by atoms with Crippen LogP contribution in [0.25, 0.3) is 0 Å². The lowest BCUT2D eigenvalue weighted by molar-refractivity contribution is -0.117. The number of rotatable bonds is 4. The molecular weight excluding hydrogens is 318 g/mol. The standard InChI is InChI=1S/C19H21N3OS/c1-12-13(2)17(11-20)18(21-14(12)3)24-15(4)19(23)22(5)16-9-7-6-8-10-16/h6-10,15H,1-5H3/t15-/m0/s1. The number of amides is 1. The number of carbonyl (C=O) groups is 1. The molecule has 0 aliphatic heterocycles. The van der Waals surface area contributed by atoms with E-state index in [1.54, 1.807) is 11.9 Å². The predicted molar refractivity (Wildman–Crippen MR) is 98.3 cm³/mol. The van der Waals surface area contributed by atoms with Crippen LogP contribution in [0.1, 0.15) is 29.3 Å². The van der Waals surface area contributed by atoms with Crippen LogP contribution in [-0.2, 0) is 4.79 Å². The maximum absolute atomic E-state index is 12.7. The van der Waals surface area contributed by atoms with Gasteiger partial charge in [0.1, 0.15) is 11.1 Å². The molecule has 1 atom stereocenters. The molecule has 0 aliphatic rings. The number of para-hydroxylation sites is 1. The minimum absolute atomic E-state index is 0.0206. The molecule has 0 saturated heterocycles. The van der Waals surface area contributed by atoms with Gasteiger partial charge in [-0.25, -0.2) is 4.98 Å². The van der Waals surface area contributed by atoms with Gasteiger partial charge in [0, 0.05) is 18.4 Å². The topological polar surface area (TPSA) is 57.0 Å². The van der Waals surface area contributed by atoms with Crippen LogP contribution in [0.2, 0.25) is 0 Å². The number of aryl methyl sites for hydroxylation is 1. The first-order chi connectivity index (χ1) is 11.4. The molecule has 0 bridgehead atoms. The summed E-state index contributed by atoms with van der Waals surface area (Å²) in [7, 11) is 1.76. The van der Waals surface area contributed by atoms with E-state index in [0.717, 1.165) is 22.5 Å². The highest BCUT2D eigenvalue weighted by atomic mass is 32.2. The van der Waals surface area contributed by atoms with Gasteiger partial charge in [0.25, 0.3) is 0 Å². The molecule has 0 unspecified atom stereocenters. The fourth-order valence-corrected chi connectivity index (χ4v) is 3.50. The first-order valence-electron chi connectivity index (χ1n) is 7.74. The van der Waals surface area contributed by atoms with Gasteiger partial charge in [-0.15, -0.1) is 0 Å². The van der Waals surface area contributed by atoms with Crippen LogP contribution in [0.5, 0.6) is 0 Å². The van der Waals surface area contributed by atoms with E-state index in [1.807, 2.05) is 58.0 Å². The first-order valence-corrected chi connectivity index (χ1v) is 8.62. The summed E-state index contributed by atoms with van der Waals surface area (Å²) in [5, 5.41) is 9.74. The van der Waals surface area contributed by atoms with Gasteiger partial charge in [0.2, 0.25) is 5.91 Å². The van der Waals surface area contributed by atoms with Gasteiger partial charge in [-0.2, -0.15) is 5.26 Å². The van der Waals surface area contributed by atoms with Crippen LogP contribution in [-0.4, -0.2) is 23.2 Å². The highest BCUT2D eigenvalue weighted by molar-refractivity contribution is 8.00. The smallest absolute Gasteiger partial charge is 0.239 e. The molecule has 1 heterocycles. The SMILES string of the molecule is Cc1nc(S[C@@H](C)C(=O)N(C)c2ccccc2)c(C#N)c(C)c1C. The Hall–Kier alpha value is -2.32. The molecule has 0 saturated carbocycles. The van der Waals surface area contributed by atoms with Gasteiger partial charge in [-0.3, -0.25) is 4.79 Å². The zero-order valence-electron chi connectivity index (χ0n) is 14.6. The van der Waals surface area contributed by atoms with Crippen LogP contribution >= 0.6 is 11.8 Å². The fourth-order valence-electron chi connectivity index (χ4n) is 2.40. The minimum atomic E-state index is -0.337. The number of hydrogen-bond donors (Lipinski definition) is 0. The molecule has 4 nitrogen and oxygen atoms in total. The van der Waals surface area contributed by atoms with Crippen LogP contribution in [0, 0.1) is 32.1 Å². The third-order valence-electron chi connectivity index (χ3n) is 4.19. The van der Waals surface area contributed by atoms with Crippen molar-refractivity contribution < 1.29 is 4.79 Å². The summed E-state index contributed by atoms with van der Waals surface area (Å²) >= 11 is 1.34. The Balaban J connectivity index is 2.25. The van der Waals surface area contributed by atoms with E-state index in [9.17, 15) is 10.1 Å². The van der Waals surface area contributed by atoms with E-state index in [0.29, 0.717) is 10.6 Å². The summed E-state index contributed by atoms with van der Waals surface area (Å²) < 4.78 is 0. The van der Waals surface area contributed by atoms with Crippen molar-refractivity contribution in [1.82, 2.24) is 4.98 Å². The number of nitrogens with zero attached hydrogens (tertiary/aromatic N) is 3. The number of hydrogen-bond acceptors (Lipinski definition) is 4. The van der Waals surface area contributed by atoms with Crippen molar-refractivity contribution in [3.05, 3.63) is 52.7 Å². The number of nitriles is 1. The minimum Gasteiger partial charge on any atom is -0.315 e. The maximum atomic E-state index is 12.7. The Morgan fingerprint density at radius 2 is 1.83 bits per heavy atom. The summed E-state index contributed by atoms with van der Waals surface area (Å²) in [5.41, 5.74) is 4.26. The summed E-state index contributed by atoms with van der Waals surface area (Å²) in [6.07, 6.45) is 0. The van der Waals surface area contributed by atoms with Gasteiger partial charge >= 0.3 is 0 Å². The summed E-state index contributed by atoms with van der Waals surface area (Å²) in [6, 6.07) is 11.7. The molecule has 1 aromatic carbocycles. The Morgan fingerprint density at radius 3 is 2.42 bits per heavy atom. The number of aromatic nitrogens is 1. The van der Waals surface area contributed by atoms with Crippen molar-refractivity contribution in [1.29, 1.82) is 5.26 Å². The molecule has 1 amide bonds. The van der Waals surface area contributed by atoms with Crippen molar-refractivity contribution in [3.8, 4) is 6.07 Å². The molecule has 5 heteroatoms. The zero-order valence-corrected chi connectivity index (χ0v) is 15.4. The molecule has 0 N–H and O–H groups in total. The van der Waals surface area contributed by atoms with Gasteiger partial charge in [0.15, 0.2) is 0 Å². The van der Waals surface area contributed by atoms with Crippen LogP contribution in [0.15, 0.2) is 35.4 Å². The summed E-state index contributed by atoms with van der Waals surface area (Å²) in [6.45, 7) is 7.66. The molecule has 1 aromatic heterocycles. The molecular formula is C19H21N3OS. The van der Waals surface area contributed by atoms with E-state index in [1.165, 1.54) is 11.8 Å². The van der Waals surface area contributed by atoms with Crippen molar-refractivity contribution in [2.45, 2.75) is 38.0 Å². The second-order valence-electron chi connectivity index (χ2n) is 5.73. The average Bonchev–Trinajstić information content (AvgIpc) is 2.59. The van der Waals surface area contributed by atoms with Crippen molar-refractivity contribution in [3.63, 3.8) is 0 Å². The van der Waals surface area contributed by atoms with Gasteiger partial charge < -0.3 is 4.90 Å². The molecule has 124 valence electrons. The van der Waals surface area contributed by atoms with Crippen molar-refractivity contribution in [2.75, 3.05) is 11.9 Å². The number of thioether (sulfide) groups is 1. The fraction of sp³-hybridized carbons (Fsp3) is 0.316. The highest BCUT2D eigenvalue weighted by Crippen LogP contribution is 2.30.